The first-order chi connectivity index (χ1) is 9.51. The van der Waals surface area contributed by atoms with Crippen LogP contribution in [0.15, 0.2) is 6.20 Å². The molecule has 0 amide bonds. The molecule has 0 bridgehead atoms. The highest BCUT2D eigenvalue weighted by molar-refractivity contribution is 7.11. The van der Waals surface area contributed by atoms with E-state index < -0.39 is 0 Å². The van der Waals surface area contributed by atoms with Gasteiger partial charge < -0.3 is 10.6 Å². The lowest BCUT2D eigenvalue weighted by Crippen LogP contribution is -2.11. The number of nitrogens with zero attached hydrogens (tertiary/aromatic N) is 3. The number of rotatable bonds is 5. The van der Waals surface area contributed by atoms with E-state index in [-0.39, 0.29) is 6.04 Å². The third-order valence-electron chi connectivity index (χ3n) is 2.99. The Morgan fingerprint density at radius 1 is 1.25 bits per heavy atom. The van der Waals surface area contributed by atoms with Crippen LogP contribution in [0.5, 0.6) is 0 Å². The Hall–Kier alpha value is -1.69. The molecule has 0 fully saturated rings. The van der Waals surface area contributed by atoms with E-state index in [1.165, 1.54) is 4.88 Å². The number of hydrogen-bond donors (Lipinski definition) is 2. The van der Waals surface area contributed by atoms with Gasteiger partial charge in [0.25, 0.3) is 0 Å². The van der Waals surface area contributed by atoms with Gasteiger partial charge in [0, 0.05) is 23.2 Å². The minimum absolute atomic E-state index is 0.185. The fraction of sp³-hybridized carbons (Fsp3) is 0.500. The van der Waals surface area contributed by atoms with E-state index in [1.54, 1.807) is 11.3 Å². The van der Waals surface area contributed by atoms with Gasteiger partial charge in [-0.25, -0.2) is 9.97 Å². The minimum atomic E-state index is 0.185. The molecule has 0 saturated carbocycles. The summed E-state index contributed by atoms with van der Waals surface area (Å²) in [7, 11) is 0. The lowest BCUT2D eigenvalue weighted by molar-refractivity contribution is 0.873. The lowest BCUT2D eigenvalue weighted by Gasteiger charge is -2.16. The molecule has 2 aromatic rings. The molecule has 0 aliphatic heterocycles. The maximum atomic E-state index is 4.51. The van der Waals surface area contributed by atoms with E-state index in [1.807, 2.05) is 33.9 Å². The summed E-state index contributed by atoms with van der Waals surface area (Å²) in [6.07, 6.45) is 1.84. The topological polar surface area (TPSA) is 62.7 Å². The highest BCUT2D eigenvalue weighted by Gasteiger charge is 2.14. The zero-order chi connectivity index (χ0) is 14.7. The molecule has 0 radical (unpaired) electrons. The Balaban J connectivity index is 2.20. The zero-order valence-electron chi connectivity index (χ0n) is 12.6. The van der Waals surface area contributed by atoms with Crippen molar-refractivity contribution in [2.75, 3.05) is 17.2 Å². The van der Waals surface area contributed by atoms with Gasteiger partial charge in [-0.05, 0) is 34.6 Å². The van der Waals surface area contributed by atoms with Crippen molar-refractivity contribution >= 4 is 23.1 Å². The maximum absolute atomic E-state index is 4.51. The summed E-state index contributed by atoms with van der Waals surface area (Å²) in [5.41, 5.74) is 2.13. The summed E-state index contributed by atoms with van der Waals surface area (Å²) in [6.45, 7) is 11.1. The Bertz CT molecular complexity index is 593. The fourth-order valence-corrected chi connectivity index (χ4v) is 2.98. The quantitative estimate of drug-likeness (QED) is 0.883. The molecular formula is C14H21N5S. The largest absolute Gasteiger partial charge is 0.362 e. The Morgan fingerprint density at radius 3 is 2.60 bits per heavy atom. The van der Waals surface area contributed by atoms with Crippen molar-refractivity contribution in [3.05, 3.63) is 27.3 Å². The van der Waals surface area contributed by atoms with Crippen molar-refractivity contribution in [1.82, 2.24) is 15.0 Å². The van der Waals surface area contributed by atoms with Crippen LogP contribution in [0.4, 0.5) is 11.8 Å². The third kappa shape index (κ3) is 3.25. The number of hydrogen-bond acceptors (Lipinski definition) is 6. The smallest absolute Gasteiger partial charge is 0.224 e. The first kappa shape index (κ1) is 14.7. The minimum Gasteiger partial charge on any atom is -0.362 e. The molecule has 108 valence electrons. The highest BCUT2D eigenvalue weighted by atomic mass is 32.1. The van der Waals surface area contributed by atoms with Crippen molar-refractivity contribution in [2.45, 2.75) is 40.7 Å². The van der Waals surface area contributed by atoms with Crippen LogP contribution < -0.4 is 10.6 Å². The molecule has 1 unspecified atom stereocenters. The second kappa shape index (κ2) is 6.17. The predicted octanol–water partition coefficient (Wildman–Crippen LogP) is 3.46. The van der Waals surface area contributed by atoms with E-state index >= 15 is 0 Å². The van der Waals surface area contributed by atoms with Crippen LogP contribution in [0.3, 0.4) is 0 Å². The van der Waals surface area contributed by atoms with Crippen LogP contribution in [0.1, 0.15) is 41.0 Å². The van der Waals surface area contributed by atoms with Gasteiger partial charge in [0.1, 0.15) is 5.82 Å². The van der Waals surface area contributed by atoms with Crippen molar-refractivity contribution in [3.8, 4) is 0 Å². The molecular weight excluding hydrogens is 270 g/mol. The van der Waals surface area contributed by atoms with Gasteiger partial charge in [0.15, 0.2) is 0 Å². The SMILES string of the molecule is CCNc1ncc(C)c(NC(C)c2sc(C)nc2C)n1. The second-order valence-electron chi connectivity index (χ2n) is 4.80. The van der Waals surface area contributed by atoms with Gasteiger partial charge in [-0.1, -0.05) is 0 Å². The van der Waals surface area contributed by atoms with Crippen molar-refractivity contribution < 1.29 is 0 Å². The first-order valence-electron chi connectivity index (χ1n) is 6.79. The zero-order valence-corrected chi connectivity index (χ0v) is 13.4. The monoisotopic (exact) mass is 291 g/mol. The molecule has 0 aliphatic rings. The fourth-order valence-electron chi connectivity index (χ4n) is 2.05. The van der Waals surface area contributed by atoms with Crippen LogP contribution in [0.2, 0.25) is 0 Å². The number of anilines is 2. The van der Waals surface area contributed by atoms with Crippen LogP contribution >= 0.6 is 11.3 Å². The number of thiazole rings is 1. The molecule has 0 spiro atoms. The van der Waals surface area contributed by atoms with Crippen LogP contribution in [0, 0.1) is 20.8 Å². The molecule has 0 aliphatic carbocycles. The van der Waals surface area contributed by atoms with E-state index in [0.717, 1.165) is 28.6 Å². The molecule has 2 aromatic heterocycles. The number of nitrogens with one attached hydrogen (secondary N) is 2. The normalized spacial score (nSPS) is 12.2. The first-order valence-corrected chi connectivity index (χ1v) is 7.61. The van der Waals surface area contributed by atoms with Crippen molar-refractivity contribution in [3.63, 3.8) is 0 Å². The van der Waals surface area contributed by atoms with Gasteiger partial charge in [0.05, 0.1) is 16.7 Å². The molecule has 5 nitrogen and oxygen atoms in total. The van der Waals surface area contributed by atoms with Gasteiger partial charge in [-0.2, -0.15) is 4.98 Å². The van der Waals surface area contributed by atoms with Crippen LogP contribution in [0.25, 0.3) is 0 Å². The van der Waals surface area contributed by atoms with Crippen molar-refractivity contribution in [1.29, 1.82) is 0 Å². The number of aromatic nitrogens is 3. The maximum Gasteiger partial charge on any atom is 0.224 e. The number of aryl methyl sites for hydroxylation is 3. The van der Waals surface area contributed by atoms with Crippen molar-refractivity contribution in [2.24, 2.45) is 0 Å². The van der Waals surface area contributed by atoms with E-state index in [4.69, 9.17) is 0 Å². The third-order valence-corrected chi connectivity index (χ3v) is 4.25. The van der Waals surface area contributed by atoms with E-state index in [2.05, 4.69) is 32.5 Å². The Labute approximate surface area is 123 Å². The predicted molar refractivity (Wildman–Crippen MR) is 84.6 cm³/mol. The van der Waals surface area contributed by atoms with E-state index in [0.29, 0.717) is 5.95 Å². The van der Waals surface area contributed by atoms with Crippen LogP contribution in [-0.2, 0) is 0 Å². The molecule has 2 heterocycles. The second-order valence-corrected chi connectivity index (χ2v) is 6.04. The molecule has 1 atom stereocenters. The molecule has 0 saturated heterocycles. The molecule has 6 heteroatoms. The lowest BCUT2D eigenvalue weighted by atomic mass is 10.2. The highest BCUT2D eigenvalue weighted by Crippen LogP contribution is 2.28. The molecule has 2 rings (SSSR count). The van der Waals surface area contributed by atoms with Crippen LogP contribution in [-0.4, -0.2) is 21.5 Å². The molecule has 0 aromatic carbocycles. The van der Waals surface area contributed by atoms with Gasteiger partial charge in [-0.15, -0.1) is 11.3 Å². The summed E-state index contributed by atoms with van der Waals surface area (Å²) < 4.78 is 0. The van der Waals surface area contributed by atoms with E-state index in [9.17, 15) is 0 Å². The standard InChI is InChI=1S/C14H21N5S/c1-6-15-14-16-7-8(2)13(19-14)18-10(4)12-9(3)17-11(5)20-12/h7,10H,6H2,1-5H3,(H2,15,16,18,19). The van der Waals surface area contributed by atoms with Gasteiger partial charge in [-0.3, -0.25) is 0 Å². The summed E-state index contributed by atoms with van der Waals surface area (Å²) in [4.78, 5) is 14.5. The summed E-state index contributed by atoms with van der Waals surface area (Å²) in [5.74, 6) is 1.53. The average molecular weight is 291 g/mol. The van der Waals surface area contributed by atoms with Gasteiger partial charge in [0.2, 0.25) is 5.95 Å². The Morgan fingerprint density at radius 2 is 2.00 bits per heavy atom. The summed E-state index contributed by atoms with van der Waals surface area (Å²) >= 11 is 1.73. The summed E-state index contributed by atoms with van der Waals surface area (Å²) in [6, 6.07) is 0.185. The summed E-state index contributed by atoms with van der Waals surface area (Å²) in [5, 5.41) is 7.69. The molecule has 2 N–H and O–H groups in total. The molecule has 20 heavy (non-hydrogen) atoms. The van der Waals surface area contributed by atoms with Gasteiger partial charge >= 0.3 is 0 Å². The Kier molecular flexibility index (Phi) is 4.54. The average Bonchev–Trinajstić information content (AvgIpc) is 2.73.